The Morgan fingerprint density at radius 2 is 2.04 bits per heavy atom. The molecule has 0 aromatic carbocycles. The van der Waals surface area contributed by atoms with Crippen molar-refractivity contribution in [3.63, 3.8) is 0 Å². The SMILES string of the molecule is CCCc1nc(CSc2nc3sc(C)c(C)c3c(=O)n2CC)no1. The number of thioether (sulfide) groups is 1. The van der Waals surface area contributed by atoms with Crippen LogP contribution in [-0.2, 0) is 18.7 Å². The summed E-state index contributed by atoms with van der Waals surface area (Å²) < 4.78 is 6.92. The van der Waals surface area contributed by atoms with Crippen LogP contribution in [0.2, 0.25) is 0 Å². The normalized spacial score (nSPS) is 11.5. The van der Waals surface area contributed by atoms with Crippen LogP contribution in [0.4, 0.5) is 0 Å². The number of hydrogen-bond donors (Lipinski definition) is 0. The Balaban J connectivity index is 1.92. The maximum atomic E-state index is 12.8. The van der Waals surface area contributed by atoms with Crippen molar-refractivity contribution in [3.05, 3.63) is 32.5 Å². The van der Waals surface area contributed by atoms with E-state index in [0.717, 1.165) is 33.5 Å². The van der Waals surface area contributed by atoms with E-state index in [1.807, 2.05) is 20.8 Å². The second-order valence-corrected chi connectivity index (χ2v) is 7.70. The van der Waals surface area contributed by atoms with Crippen LogP contribution >= 0.6 is 23.1 Å². The standard InChI is InChI=1S/C16H20N4O2S2/c1-5-7-12-17-11(19-22-12)8-23-16-18-14-13(9(3)10(4)24-14)15(21)20(16)6-2/h5-8H2,1-4H3. The minimum absolute atomic E-state index is 0.0339. The van der Waals surface area contributed by atoms with E-state index in [1.54, 1.807) is 15.9 Å². The Morgan fingerprint density at radius 3 is 2.75 bits per heavy atom. The molecule has 8 heteroatoms. The first kappa shape index (κ1) is 17.2. The highest BCUT2D eigenvalue weighted by atomic mass is 32.2. The molecule has 0 aliphatic rings. The number of aromatic nitrogens is 4. The van der Waals surface area contributed by atoms with Gasteiger partial charge in [0.25, 0.3) is 5.56 Å². The molecule has 0 unspecified atom stereocenters. The van der Waals surface area contributed by atoms with E-state index in [-0.39, 0.29) is 5.56 Å². The largest absolute Gasteiger partial charge is 0.339 e. The molecule has 0 spiro atoms. The minimum Gasteiger partial charge on any atom is -0.339 e. The van der Waals surface area contributed by atoms with E-state index in [0.29, 0.717) is 29.2 Å². The second kappa shape index (κ2) is 7.06. The Labute approximate surface area is 148 Å². The zero-order chi connectivity index (χ0) is 17.3. The molecule has 24 heavy (non-hydrogen) atoms. The molecule has 3 aromatic rings. The highest BCUT2D eigenvalue weighted by Crippen LogP contribution is 2.29. The predicted molar refractivity (Wildman–Crippen MR) is 96.9 cm³/mol. The Hall–Kier alpha value is -1.67. The third-order valence-electron chi connectivity index (χ3n) is 3.87. The lowest BCUT2D eigenvalue weighted by Gasteiger charge is -2.08. The van der Waals surface area contributed by atoms with Gasteiger partial charge in [0.1, 0.15) is 4.83 Å². The van der Waals surface area contributed by atoms with E-state index >= 15 is 0 Å². The lowest BCUT2D eigenvalue weighted by atomic mass is 10.2. The van der Waals surface area contributed by atoms with Gasteiger partial charge in [0.15, 0.2) is 11.0 Å². The van der Waals surface area contributed by atoms with Gasteiger partial charge in [-0.3, -0.25) is 9.36 Å². The fraction of sp³-hybridized carbons (Fsp3) is 0.500. The lowest BCUT2D eigenvalue weighted by molar-refractivity contribution is 0.373. The molecule has 6 nitrogen and oxygen atoms in total. The van der Waals surface area contributed by atoms with Crippen LogP contribution in [0.5, 0.6) is 0 Å². The van der Waals surface area contributed by atoms with Crippen LogP contribution in [0.1, 0.15) is 42.4 Å². The van der Waals surface area contributed by atoms with E-state index in [9.17, 15) is 4.79 Å². The first-order valence-electron chi connectivity index (χ1n) is 7.99. The molecule has 0 atom stereocenters. The quantitative estimate of drug-likeness (QED) is 0.490. The summed E-state index contributed by atoms with van der Waals surface area (Å²) in [4.78, 5) is 23.8. The van der Waals surface area contributed by atoms with Crippen LogP contribution in [0.25, 0.3) is 10.2 Å². The molecule has 0 amide bonds. The highest BCUT2D eigenvalue weighted by molar-refractivity contribution is 7.98. The van der Waals surface area contributed by atoms with Gasteiger partial charge >= 0.3 is 0 Å². The highest BCUT2D eigenvalue weighted by Gasteiger charge is 2.16. The Bertz CT molecular complexity index is 926. The number of fused-ring (bicyclic) bond motifs is 1. The zero-order valence-electron chi connectivity index (χ0n) is 14.3. The maximum Gasteiger partial charge on any atom is 0.263 e. The summed E-state index contributed by atoms with van der Waals surface area (Å²) >= 11 is 3.04. The summed E-state index contributed by atoms with van der Waals surface area (Å²) in [5.74, 6) is 1.84. The second-order valence-electron chi connectivity index (χ2n) is 5.55. The van der Waals surface area contributed by atoms with Crippen molar-refractivity contribution in [2.24, 2.45) is 0 Å². The summed E-state index contributed by atoms with van der Waals surface area (Å²) in [6.45, 7) is 8.63. The van der Waals surface area contributed by atoms with Gasteiger partial charge in [-0.2, -0.15) is 4.98 Å². The van der Waals surface area contributed by atoms with Gasteiger partial charge in [0.2, 0.25) is 5.89 Å². The van der Waals surface area contributed by atoms with E-state index in [1.165, 1.54) is 11.8 Å². The van der Waals surface area contributed by atoms with Crippen LogP contribution in [0.3, 0.4) is 0 Å². The molecule has 0 aliphatic heterocycles. The van der Waals surface area contributed by atoms with E-state index in [2.05, 4.69) is 17.1 Å². The van der Waals surface area contributed by atoms with Crippen LogP contribution in [-0.4, -0.2) is 19.7 Å². The molecule has 0 saturated carbocycles. The Morgan fingerprint density at radius 1 is 1.25 bits per heavy atom. The molecule has 0 aliphatic carbocycles. The van der Waals surface area contributed by atoms with Crippen molar-refractivity contribution in [1.82, 2.24) is 19.7 Å². The van der Waals surface area contributed by atoms with Crippen LogP contribution in [0, 0.1) is 13.8 Å². The average molecular weight is 364 g/mol. The molecular formula is C16H20N4O2S2. The fourth-order valence-electron chi connectivity index (χ4n) is 2.49. The number of rotatable bonds is 6. The maximum absolute atomic E-state index is 12.8. The Kier molecular flexibility index (Phi) is 5.05. The van der Waals surface area contributed by atoms with Crippen molar-refractivity contribution in [3.8, 4) is 0 Å². The summed E-state index contributed by atoms with van der Waals surface area (Å²) in [7, 11) is 0. The lowest BCUT2D eigenvalue weighted by Crippen LogP contribution is -2.22. The molecule has 3 aromatic heterocycles. The summed E-state index contributed by atoms with van der Waals surface area (Å²) in [5.41, 5.74) is 1.07. The minimum atomic E-state index is 0.0339. The molecule has 3 heterocycles. The van der Waals surface area contributed by atoms with E-state index < -0.39 is 0 Å². The smallest absolute Gasteiger partial charge is 0.263 e. The molecule has 0 radical (unpaired) electrons. The molecule has 0 fully saturated rings. The van der Waals surface area contributed by atoms with Gasteiger partial charge in [-0.1, -0.05) is 23.8 Å². The van der Waals surface area contributed by atoms with Gasteiger partial charge < -0.3 is 4.52 Å². The fourth-order valence-corrected chi connectivity index (χ4v) is 4.47. The topological polar surface area (TPSA) is 73.8 Å². The van der Waals surface area contributed by atoms with Crippen LogP contribution in [0.15, 0.2) is 14.5 Å². The van der Waals surface area contributed by atoms with Crippen molar-refractivity contribution in [1.29, 1.82) is 0 Å². The van der Waals surface area contributed by atoms with Gasteiger partial charge in [-0.25, -0.2) is 4.98 Å². The number of nitrogens with zero attached hydrogens (tertiary/aromatic N) is 4. The first-order valence-corrected chi connectivity index (χ1v) is 9.80. The average Bonchev–Trinajstić information content (AvgIpc) is 3.11. The summed E-state index contributed by atoms with van der Waals surface area (Å²) in [6.07, 6.45) is 1.76. The third kappa shape index (κ3) is 3.12. The molecule has 0 saturated heterocycles. The number of hydrogen-bond acceptors (Lipinski definition) is 7. The van der Waals surface area contributed by atoms with Crippen molar-refractivity contribution in [2.75, 3.05) is 0 Å². The molecule has 0 N–H and O–H groups in total. The van der Waals surface area contributed by atoms with E-state index in [4.69, 9.17) is 9.51 Å². The molecule has 128 valence electrons. The molecule has 3 rings (SSSR count). The van der Waals surface area contributed by atoms with Crippen LogP contribution < -0.4 is 5.56 Å². The van der Waals surface area contributed by atoms with Gasteiger partial charge in [0, 0.05) is 17.8 Å². The predicted octanol–water partition coefficient (Wildman–Crippen LogP) is 3.72. The van der Waals surface area contributed by atoms with Crippen molar-refractivity contribution in [2.45, 2.75) is 58.0 Å². The van der Waals surface area contributed by atoms with Crippen molar-refractivity contribution >= 4 is 33.3 Å². The zero-order valence-corrected chi connectivity index (χ0v) is 15.9. The first-order chi connectivity index (χ1) is 11.5. The third-order valence-corrected chi connectivity index (χ3v) is 5.95. The monoisotopic (exact) mass is 364 g/mol. The van der Waals surface area contributed by atoms with Gasteiger partial charge in [0.05, 0.1) is 11.1 Å². The molecular weight excluding hydrogens is 344 g/mol. The number of aryl methyl sites for hydroxylation is 3. The molecule has 0 bridgehead atoms. The summed E-state index contributed by atoms with van der Waals surface area (Å²) in [5, 5.41) is 5.44. The van der Waals surface area contributed by atoms with Gasteiger partial charge in [-0.15, -0.1) is 11.3 Å². The van der Waals surface area contributed by atoms with Gasteiger partial charge in [-0.05, 0) is 32.8 Å². The number of thiophene rings is 1. The summed E-state index contributed by atoms with van der Waals surface area (Å²) in [6, 6.07) is 0. The van der Waals surface area contributed by atoms with Crippen molar-refractivity contribution < 1.29 is 4.52 Å².